The van der Waals surface area contributed by atoms with E-state index in [4.69, 9.17) is 9.52 Å². The van der Waals surface area contributed by atoms with Crippen LogP contribution in [-0.4, -0.2) is 29.9 Å². The van der Waals surface area contributed by atoms with Gasteiger partial charge >= 0.3 is 5.97 Å². The molecule has 3 rings (SSSR count). The standard InChI is InChI=1S/C16H17NO4/c1-10(18)14-8-12-2-3-13(9-15(12)21-14)17-6-4-11(5-7-17)16(19)20/h2-3,8-9,11H,4-7H2,1H3,(H,19,20). The molecule has 2 heterocycles. The van der Waals surface area contributed by atoms with Crippen molar-refractivity contribution < 1.29 is 19.1 Å². The molecule has 0 saturated carbocycles. The molecule has 21 heavy (non-hydrogen) atoms. The van der Waals surface area contributed by atoms with Crippen LogP contribution in [0.1, 0.15) is 30.3 Å². The number of fused-ring (bicyclic) bond motifs is 1. The van der Waals surface area contributed by atoms with Gasteiger partial charge in [-0.2, -0.15) is 0 Å². The largest absolute Gasteiger partial charge is 0.481 e. The Labute approximate surface area is 122 Å². The SMILES string of the molecule is CC(=O)c1cc2ccc(N3CCC(C(=O)O)CC3)cc2o1. The lowest BCUT2D eigenvalue weighted by Crippen LogP contribution is -2.36. The average Bonchev–Trinajstić information content (AvgIpc) is 2.90. The third kappa shape index (κ3) is 2.63. The zero-order chi connectivity index (χ0) is 15.0. The molecule has 1 N–H and O–H groups in total. The molecule has 0 amide bonds. The molecule has 5 heteroatoms. The summed E-state index contributed by atoms with van der Waals surface area (Å²) in [6.45, 7) is 2.93. The Balaban J connectivity index is 1.81. The topological polar surface area (TPSA) is 70.8 Å². The molecule has 0 unspecified atom stereocenters. The summed E-state index contributed by atoms with van der Waals surface area (Å²) in [5, 5.41) is 9.93. The fourth-order valence-electron chi connectivity index (χ4n) is 2.77. The summed E-state index contributed by atoms with van der Waals surface area (Å²) < 4.78 is 5.55. The average molecular weight is 287 g/mol. The first-order valence-electron chi connectivity index (χ1n) is 7.07. The number of ketones is 1. The van der Waals surface area contributed by atoms with Gasteiger partial charge in [-0.1, -0.05) is 0 Å². The summed E-state index contributed by atoms with van der Waals surface area (Å²) in [6.07, 6.45) is 1.31. The van der Waals surface area contributed by atoms with E-state index in [9.17, 15) is 9.59 Å². The number of carboxylic acid groups (broad SMARTS) is 1. The smallest absolute Gasteiger partial charge is 0.306 e. The molecular weight excluding hydrogens is 270 g/mol. The van der Waals surface area contributed by atoms with Gasteiger partial charge in [-0.3, -0.25) is 9.59 Å². The summed E-state index contributed by atoms with van der Waals surface area (Å²) in [5.74, 6) is -0.665. The van der Waals surface area contributed by atoms with E-state index in [1.807, 2.05) is 18.2 Å². The molecule has 1 saturated heterocycles. The van der Waals surface area contributed by atoms with Gasteiger partial charge in [0.25, 0.3) is 0 Å². The van der Waals surface area contributed by atoms with Crippen LogP contribution in [0.3, 0.4) is 0 Å². The molecule has 0 radical (unpaired) electrons. The van der Waals surface area contributed by atoms with Crippen LogP contribution in [0.25, 0.3) is 11.0 Å². The van der Waals surface area contributed by atoms with Gasteiger partial charge in [-0.05, 0) is 31.0 Å². The second-order valence-electron chi connectivity index (χ2n) is 5.49. The van der Waals surface area contributed by atoms with Gasteiger partial charge in [0.2, 0.25) is 0 Å². The first-order valence-corrected chi connectivity index (χ1v) is 7.07. The number of carboxylic acids is 1. The first-order chi connectivity index (χ1) is 10.0. The van der Waals surface area contributed by atoms with Crippen LogP contribution < -0.4 is 4.90 Å². The normalized spacial score (nSPS) is 16.3. The predicted octanol–water partition coefficient (Wildman–Crippen LogP) is 2.94. The van der Waals surface area contributed by atoms with E-state index in [-0.39, 0.29) is 11.7 Å². The minimum Gasteiger partial charge on any atom is -0.481 e. The molecule has 0 atom stereocenters. The van der Waals surface area contributed by atoms with Crippen LogP contribution in [0.4, 0.5) is 5.69 Å². The van der Waals surface area contributed by atoms with Crippen molar-refractivity contribution in [3.8, 4) is 0 Å². The number of carbonyl (C=O) groups excluding carboxylic acids is 1. The highest BCUT2D eigenvalue weighted by atomic mass is 16.4. The van der Waals surface area contributed by atoms with Crippen molar-refractivity contribution in [1.29, 1.82) is 0 Å². The molecule has 1 aliphatic rings. The lowest BCUT2D eigenvalue weighted by Gasteiger charge is -2.31. The quantitative estimate of drug-likeness (QED) is 0.879. The van der Waals surface area contributed by atoms with Crippen molar-refractivity contribution in [3.05, 3.63) is 30.0 Å². The molecule has 2 aromatic rings. The van der Waals surface area contributed by atoms with E-state index in [2.05, 4.69) is 4.90 Å². The van der Waals surface area contributed by atoms with Gasteiger partial charge < -0.3 is 14.4 Å². The van der Waals surface area contributed by atoms with E-state index in [0.29, 0.717) is 24.2 Å². The molecule has 0 bridgehead atoms. The lowest BCUT2D eigenvalue weighted by molar-refractivity contribution is -0.142. The third-order valence-electron chi connectivity index (χ3n) is 4.06. The van der Waals surface area contributed by atoms with Crippen molar-refractivity contribution >= 4 is 28.4 Å². The van der Waals surface area contributed by atoms with E-state index in [0.717, 1.165) is 24.2 Å². The summed E-state index contributed by atoms with van der Waals surface area (Å²) in [4.78, 5) is 24.5. The fraction of sp³-hybridized carbons (Fsp3) is 0.375. The van der Waals surface area contributed by atoms with Crippen LogP contribution in [0.5, 0.6) is 0 Å². The van der Waals surface area contributed by atoms with Gasteiger partial charge in [0.1, 0.15) is 5.58 Å². The number of aliphatic carboxylic acids is 1. The monoisotopic (exact) mass is 287 g/mol. The Morgan fingerprint density at radius 3 is 2.57 bits per heavy atom. The number of rotatable bonds is 3. The van der Waals surface area contributed by atoms with Crippen LogP contribution in [-0.2, 0) is 4.79 Å². The highest BCUT2D eigenvalue weighted by Crippen LogP contribution is 2.28. The van der Waals surface area contributed by atoms with Crippen molar-refractivity contribution in [2.45, 2.75) is 19.8 Å². The highest BCUT2D eigenvalue weighted by Gasteiger charge is 2.24. The second kappa shape index (κ2) is 5.24. The van der Waals surface area contributed by atoms with E-state index in [1.54, 1.807) is 6.07 Å². The number of anilines is 1. The molecule has 110 valence electrons. The molecule has 0 aliphatic carbocycles. The third-order valence-corrected chi connectivity index (χ3v) is 4.06. The number of Topliss-reactive ketones (excluding diaryl/α,β-unsaturated/α-hetero) is 1. The molecule has 1 aromatic carbocycles. The summed E-state index contributed by atoms with van der Waals surface area (Å²) in [5.41, 5.74) is 1.70. The van der Waals surface area contributed by atoms with Gasteiger partial charge in [-0.15, -0.1) is 0 Å². The fourth-order valence-corrected chi connectivity index (χ4v) is 2.77. The van der Waals surface area contributed by atoms with Gasteiger partial charge in [0.15, 0.2) is 11.5 Å². The predicted molar refractivity (Wildman–Crippen MR) is 78.8 cm³/mol. The summed E-state index contributed by atoms with van der Waals surface area (Å²) >= 11 is 0. The number of benzene rings is 1. The van der Waals surface area contributed by atoms with Crippen LogP contribution >= 0.6 is 0 Å². The lowest BCUT2D eigenvalue weighted by atomic mass is 9.97. The van der Waals surface area contributed by atoms with E-state index < -0.39 is 5.97 Å². The summed E-state index contributed by atoms with van der Waals surface area (Å²) in [6, 6.07) is 7.59. The van der Waals surface area contributed by atoms with Crippen molar-refractivity contribution in [1.82, 2.24) is 0 Å². The molecule has 0 spiro atoms. The van der Waals surface area contributed by atoms with Crippen molar-refractivity contribution in [2.75, 3.05) is 18.0 Å². The number of hydrogen-bond acceptors (Lipinski definition) is 4. The zero-order valence-electron chi connectivity index (χ0n) is 11.8. The van der Waals surface area contributed by atoms with Gasteiger partial charge in [-0.25, -0.2) is 0 Å². The maximum absolute atomic E-state index is 11.3. The minimum absolute atomic E-state index is 0.0879. The van der Waals surface area contributed by atoms with E-state index in [1.165, 1.54) is 6.92 Å². The molecule has 5 nitrogen and oxygen atoms in total. The minimum atomic E-state index is -0.706. The van der Waals surface area contributed by atoms with Crippen molar-refractivity contribution in [3.63, 3.8) is 0 Å². The van der Waals surface area contributed by atoms with Crippen LogP contribution in [0, 0.1) is 5.92 Å². The van der Waals surface area contributed by atoms with Crippen molar-refractivity contribution in [2.24, 2.45) is 5.92 Å². The number of nitrogens with zero attached hydrogens (tertiary/aromatic N) is 1. The van der Waals surface area contributed by atoms with Gasteiger partial charge in [0.05, 0.1) is 5.92 Å². The molecule has 1 aromatic heterocycles. The van der Waals surface area contributed by atoms with Gasteiger partial charge in [0, 0.05) is 37.2 Å². The van der Waals surface area contributed by atoms with Crippen LogP contribution in [0.2, 0.25) is 0 Å². The Bertz CT molecular complexity index is 695. The number of carbonyl (C=O) groups is 2. The Kier molecular flexibility index (Phi) is 3.41. The number of hydrogen-bond donors (Lipinski definition) is 1. The Morgan fingerprint density at radius 1 is 1.24 bits per heavy atom. The summed E-state index contributed by atoms with van der Waals surface area (Å²) in [7, 11) is 0. The molecular formula is C16H17NO4. The van der Waals surface area contributed by atoms with Crippen LogP contribution in [0.15, 0.2) is 28.7 Å². The Hall–Kier alpha value is -2.30. The Morgan fingerprint density at radius 2 is 1.95 bits per heavy atom. The molecule has 1 aliphatic heterocycles. The van der Waals surface area contributed by atoms with E-state index >= 15 is 0 Å². The molecule has 1 fully saturated rings. The maximum atomic E-state index is 11.3. The second-order valence-corrected chi connectivity index (χ2v) is 5.49. The number of furan rings is 1. The number of piperidine rings is 1. The first kappa shape index (κ1) is 13.7. The maximum Gasteiger partial charge on any atom is 0.306 e. The highest BCUT2D eigenvalue weighted by molar-refractivity contribution is 5.96. The zero-order valence-corrected chi connectivity index (χ0v) is 11.8.